The van der Waals surface area contributed by atoms with Crippen LogP contribution < -0.4 is 5.73 Å². The lowest BCUT2D eigenvalue weighted by Gasteiger charge is -2.26. The second kappa shape index (κ2) is 4.76. The third-order valence-electron chi connectivity index (χ3n) is 3.57. The SMILES string of the molecule is Cc1nn(C)c(CC2CCCC(N)C2)c1Cl. The number of aromatic nitrogens is 2. The largest absolute Gasteiger partial charge is 0.328 e. The van der Waals surface area contributed by atoms with E-state index in [1.54, 1.807) is 0 Å². The van der Waals surface area contributed by atoms with Gasteiger partial charge in [-0.05, 0) is 38.5 Å². The highest BCUT2D eigenvalue weighted by Crippen LogP contribution is 2.29. The highest BCUT2D eigenvalue weighted by atomic mass is 35.5. The molecule has 1 fully saturated rings. The van der Waals surface area contributed by atoms with Crippen LogP contribution in [0.15, 0.2) is 0 Å². The van der Waals surface area contributed by atoms with Crippen LogP contribution in [0.1, 0.15) is 37.1 Å². The third-order valence-corrected chi connectivity index (χ3v) is 4.06. The molecule has 2 atom stereocenters. The molecule has 1 aliphatic rings. The molecule has 4 heteroatoms. The van der Waals surface area contributed by atoms with Crippen molar-refractivity contribution >= 4 is 11.6 Å². The zero-order chi connectivity index (χ0) is 11.7. The molecule has 1 aromatic heterocycles. The van der Waals surface area contributed by atoms with E-state index in [1.807, 2.05) is 18.7 Å². The predicted octanol–water partition coefficient (Wildman–Crippen LogP) is 2.44. The van der Waals surface area contributed by atoms with Crippen LogP contribution in [-0.4, -0.2) is 15.8 Å². The van der Waals surface area contributed by atoms with Gasteiger partial charge in [-0.25, -0.2) is 0 Å². The van der Waals surface area contributed by atoms with Crippen LogP contribution in [0.4, 0.5) is 0 Å². The molecule has 0 spiro atoms. The fourth-order valence-corrected chi connectivity index (χ4v) is 2.93. The Morgan fingerprint density at radius 2 is 2.25 bits per heavy atom. The molecule has 1 aromatic rings. The predicted molar refractivity (Wildman–Crippen MR) is 66.6 cm³/mol. The van der Waals surface area contributed by atoms with Crippen molar-refractivity contribution in [2.24, 2.45) is 18.7 Å². The first-order valence-corrected chi connectivity index (χ1v) is 6.39. The first-order chi connectivity index (χ1) is 7.58. The van der Waals surface area contributed by atoms with Crippen molar-refractivity contribution in [3.8, 4) is 0 Å². The average molecular weight is 242 g/mol. The summed E-state index contributed by atoms with van der Waals surface area (Å²) in [5.41, 5.74) is 8.10. The Kier molecular flexibility index (Phi) is 3.55. The van der Waals surface area contributed by atoms with Crippen molar-refractivity contribution in [3.63, 3.8) is 0 Å². The topological polar surface area (TPSA) is 43.8 Å². The van der Waals surface area contributed by atoms with Crippen molar-refractivity contribution in [2.45, 2.75) is 45.1 Å². The zero-order valence-electron chi connectivity index (χ0n) is 10.0. The van der Waals surface area contributed by atoms with Gasteiger partial charge in [-0.2, -0.15) is 5.10 Å². The van der Waals surface area contributed by atoms with Crippen molar-refractivity contribution < 1.29 is 0 Å². The van der Waals surface area contributed by atoms with E-state index in [1.165, 1.54) is 25.0 Å². The van der Waals surface area contributed by atoms with Gasteiger partial charge in [0.1, 0.15) is 0 Å². The molecule has 1 aliphatic carbocycles. The van der Waals surface area contributed by atoms with Crippen molar-refractivity contribution in [2.75, 3.05) is 0 Å². The molecule has 1 saturated carbocycles. The van der Waals surface area contributed by atoms with Crippen LogP contribution in [-0.2, 0) is 13.5 Å². The van der Waals surface area contributed by atoms with Crippen LogP contribution in [0, 0.1) is 12.8 Å². The molecule has 90 valence electrons. The fraction of sp³-hybridized carbons (Fsp3) is 0.750. The Morgan fingerprint density at radius 1 is 1.50 bits per heavy atom. The Bertz CT molecular complexity index is 373. The Labute approximate surface area is 102 Å². The maximum absolute atomic E-state index is 6.26. The summed E-state index contributed by atoms with van der Waals surface area (Å²) < 4.78 is 1.91. The minimum absolute atomic E-state index is 0.381. The van der Waals surface area contributed by atoms with Gasteiger partial charge in [0.25, 0.3) is 0 Å². The second-order valence-electron chi connectivity index (χ2n) is 4.97. The highest BCUT2D eigenvalue weighted by molar-refractivity contribution is 6.31. The second-order valence-corrected chi connectivity index (χ2v) is 5.34. The summed E-state index contributed by atoms with van der Waals surface area (Å²) in [7, 11) is 1.97. The normalized spacial score (nSPS) is 26.0. The van der Waals surface area contributed by atoms with Gasteiger partial charge in [-0.1, -0.05) is 18.0 Å². The lowest BCUT2D eigenvalue weighted by Crippen LogP contribution is -2.29. The van der Waals surface area contributed by atoms with Crippen LogP contribution in [0.2, 0.25) is 5.02 Å². The van der Waals surface area contributed by atoms with Crippen LogP contribution in [0.5, 0.6) is 0 Å². The van der Waals surface area contributed by atoms with Gasteiger partial charge in [0, 0.05) is 13.1 Å². The van der Waals surface area contributed by atoms with Gasteiger partial charge >= 0.3 is 0 Å². The average Bonchev–Trinajstić information content (AvgIpc) is 2.45. The monoisotopic (exact) mass is 241 g/mol. The van der Waals surface area contributed by atoms with Crippen molar-refractivity contribution in [1.82, 2.24) is 9.78 Å². The highest BCUT2D eigenvalue weighted by Gasteiger charge is 2.22. The summed E-state index contributed by atoms with van der Waals surface area (Å²) in [6, 6.07) is 0.381. The molecule has 0 aliphatic heterocycles. The smallest absolute Gasteiger partial charge is 0.0847 e. The quantitative estimate of drug-likeness (QED) is 0.865. The number of hydrogen-bond donors (Lipinski definition) is 1. The standard InChI is InChI=1S/C12H20ClN3/c1-8-12(13)11(16(2)15-8)7-9-4-3-5-10(14)6-9/h9-10H,3-7,14H2,1-2H3. The molecular weight excluding hydrogens is 222 g/mol. The number of halogens is 1. The van der Waals surface area contributed by atoms with E-state index in [0.717, 1.165) is 23.6 Å². The number of nitrogens with zero attached hydrogens (tertiary/aromatic N) is 2. The summed E-state index contributed by atoms with van der Waals surface area (Å²) in [5, 5.41) is 5.18. The van der Waals surface area contributed by atoms with Gasteiger partial charge in [-0.15, -0.1) is 0 Å². The van der Waals surface area contributed by atoms with Gasteiger partial charge in [0.05, 0.1) is 16.4 Å². The molecule has 3 nitrogen and oxygen atoms in total. The van der Waals surface area contributed by atoms with Gasteiger partial charge in [-0.3, -0.25) is 4.68 Å². The molecule has 0 bridgehead atoms. The maximum atomic E-state index is 6.26. The van der Waals surface area contributed by atoms with E-state index in [9.17, 15) is 0 Å². The third kappa shape index (κ3) is 2.41. The van der Waals surface area contributed by atoms with E-state index in [2.05, 4.69) is 5.10 Å². The minimum atomic E-state index is 0.381. The van der Waals surface area contributed by atoms with Crippen LogP contribution in [0.3, 0.4) is 0 Å². The van der Waals surface area contributed by atoms with Crippen molar-refractivity contribution in [1.29, 1.82) is 0 Å². The molecule has 0 amide bonds. The van der Waals surface area contributed by atoms with E-state index in [-0.39, 0.29) is 0 Å². The molecular formula is C12H20ClN3. The van der Waals surface area contributed by atoms with E-state index in [0.29, 0.717) is 12.0 Å². The summed E-state index contributed by atoms with van der Waals surface area (Å²) in [6.07, 6.45) is 5.84. The molecule has 2 unspecified atom stereocenters. The zero-order valence-corrected chi connectivity index (χ0v) is 10.8. The summed E-state index contributed by atoms with van der Waals surface area (Å²) in [4.78, 5) is 0. The first-order valence-electron chi connectivity index (χ1n) is 6.01. The Hall–Kier alpha value is -0.540. The number of rotatable bonds is 2. The van der Waals surface area contributed by atoms with Gasteiger partial charge < -0.3 is 5.73 Å². The molecule has 0 radical (unpaired) electrons. The summed E-state index contributed by atoms with van der Waals surface area (Å²) >= 11 is 6.26. The lowest BCUT2D eigenvalue weighted by atomic mass is 9.83. The van der Waals surface area contributed by atoms with E-state index in [4.69, 9.17) is 17.3 Å². The maximum Gasteiger partial charge on any atom is 0.0847 e. The van der Waals surface area contributed by atoms with Gasteiger partial charge in [0.2, 0.25) is 0 Å². The Balaban J connectivity index is 2.08. The number of nitrogens with two attached hydrogens (primary N) is 1. The number of aryl methyl sites for hydroxylation is 2. The van der Waals surface area contributed by atoms with E-state index < -0.39 is 0 Å². The van der Waals surface area contributed by atoms with E-state index >= 15 is 0 Å². The van der Waals surface area contributed by atoms with Crippen LogP contribution in [0.25, 0.3) is 0 Å². The molecule has 16 heavy (non-hydrogen) atoms. The molecule has 0 aromatic carbocycles. The van der Waals surface area contributed by atoms with Crippen molar-refractivity contribution in [3.05, 3.63) is 16.4 Å². The number of hydrogen-bond acceptors (Lipinski definition) is 2. The molecule has 0 saturated heterocycles. The van der Waals surface area contributed by atoms with Crippen LogP contribution >= 0.6 is 11.6 Å². The fourth-order valence-electron chi connectivity index (χ4n) is 2.69. The molecule has 1 heterocycles. The molecule has 2 rings (SSSR count). The Morgan fingerprint density at radius 3 is 2.81 bits per heavy atom. The summed E-state index contributed by atoms with van der Waals surface area (Å²) in [6.45, 7) is 1.96. The lowest BCUT2D eigenvalue weighted by molar-refractivity contribution is 0.316. The molecule has 2 N–H and O–H groups in total. The first kappa shape index (κ1) is 11.9. The van der Waals surface area contributed by atoms with Gasteiger partial charge in [0.15, 0.2) is 0 Å². The minimum Gasteiger partial charge on any atom is -0.328 e. The summed E-state index contributed by atoms with van der Waals surface area (Å²) in [5.74, 6) is 0.677.